The van der Waals surface area contributed by atoms with E-state index in [1.807, 2.05) is 6.92 Å². The summed E-state index contributed by atoms with van der Waals surface area (Å²) in [6.45, 7) is 10.4. The number of carbonyl (C=O) groups excluding carboxylic acids is 1. The van der Waals surface area contributed by atoms with Gasteiger partial charge in [-0.05, 0) is 29.9 Å². The van der Waals surface area contributed by atoms with Crippen LogP contribution in [0.15, 0.2) is 24.3 Å². The van der Waals surface area contributed by atoms with Crippen LogP contribution in [0.3, 0.4) is 0 Å². The van der Waals surface area contributed by atoms with Crippen molar-refractivity contribution in [2.45, 2.75) is 59.0 Å². The van der Waals surface area contributed by atoms with Crippen molar-refractivity contribution in [1.29, 1.82) is 0 Å². The topological polar surface area (TPSA) is 55.1 Å². The highest BCUT2D eigenvalue weighted by atomic mass is 35.5. The quantitative estimate of drug-likeness (QED) is 0.840. The van der Waals surface area contributed by atoms with E-state index in [4.69, 9.17) is 5.73 Å². The van der Waals surface area contributed by atoms with Gasteiger partial charge in [-0.15, -0.1) is 12.4 Å². The van der Waals surface area contributed by atoms with Crippen LogP contribution in [0.5, 0.6) is 0 Å². The van der Waals surface area contributed by atoms with Crippen LogP contribution in [0.25, 0.3) is 0 Å². The van der Waals surface area contributed by atoms with Crippen LogP contribution >= 0.6 is 12.4 Å². The summed E-state index contributed by atoms with van der Waals surface area (Å²) in [6, 6.07) is 8.46. The number of nitrogens with two attached hydrogens (primary N) is 1. The highest BCUT2D eigenvalue weighted by Crippen LogP contribution is 2.24. The van der Waals surface area contributed by atoms with Crippen molar-refractivity contribution in [3.8, 4) is 0 Å². The normalized spacial score (nSPS) is 13.7. The number of amides is 1. The zero-order valence-electron chi connectivity index (χ0n) is 13.7. The Kier molecular flexibility index (Phi) is 8.60. The Labute approximate surface area is 135 Å². The first kappa shape index (κ1) is 19.9. The molecule has 0 saturated heterocycles. The fourth-order valence-corrected chi connectivity index (χ4v) is 2.25. The smallest absolute Gasteiger partial charge is 0.222 e. The molecule has 0 spiro atoms. The van der Waals surface area contributed by atoms with Crippen molar-refractivity contribution < 1.29 is 4.79 Å². The minimum absolute atomic E-state index is 0. The molecule has 0 heterocycles. The molecule has 0 aliphatic heterocycles. The Hall–Kier alpha value is -1.06. The van der Waals surface area contributed by atoms with Crippen LogP contribution in [-0.2, 0) is 4.79 Å². The van der Waals surface area contributed by atoms with Crippen LogP contribution in [0.2, 0.25) is 0 Å². The molecule has 3 N–H and O–H groups in total. The molecule has 0 radical (unpaired) electrons. The van der Waals surface area contributed by atoms with Gasteiger partial charge in [0.15, 0.2) is 0 Å². The van der Waals surface area contributed by atoms with Gasteiger partial charge in [0, 0.05) is 12.5 Å². The van der Waals surface area contributed by atoms with Gasteiger partial charge in [0.1, 0.15) is 0 Å². The Bertz CT molecular complexity index is 427. The van der Waals surface area contributed by atoms with Crippen LogP contribution < -0.4 is 11.1 Å². The van der Waals surface area contributed by atoms with Crippen molar-refractivity contribution in [3.63, 3.8) is 0 Å². The van der Waals surface area contributed by atoms with E-state index < -0.39 is 0 Å². The zero-order chi connectivity index (χ0) is 15.3. The van der Waals surface area contributed by atoms with Crippen molar-refractivity contribution in [1.82, 2.24) is 5.32 Å². The van der Waals surface area contributed by atoms with E-state index in [0.29, 0.717) is 18.3 Å². The maximum Gasteiger partial charge on any atom is 0.222 e. The van der Waals surface area contributed by atoms with Gasteiger partial charge in [-0.3, -0.25) is 4.79 Å². The number of hydrogen-bond donors (Lipinski definition) is 2. The molecule has 4 heteroatoms. The lowest BCUT2D eigenvalue weighted by atomic mass is 9.93. The largest absolute Gasteiger partial charge is 0.349 e. The molecular weight excluding hydrogens is 284 g/mol. The van der Waals surface area contributed by atoms with E-state index in [-0.39, 0.29) is 30.4 Å². The molecule has 1 rings (SSSR count). The van der Waals surface area contributed by atoms with E-state index in [0.717, 1.165) is 5.56 Å². The van der Waals surface area contributed by atoms with E-state index in [1.54, 1.807) is 0 Å². The fraction of sp³-hybridized carbons (Fsp3) is 0.588. The first-order chi connectivity index (χ1) is 9.31. The predicted molar refractivity (Wildman–Crippen MR) is 91.8 cm³/mol. The fourth-order valence-electron chi connectivity index (χ4n) is 2.25. The van der Waals surface area contributed by atoms with Crippen molar-refractivity contribution >= 4 is 18.3 Å². The Morgan fingerprint density at radius 2 is 1.52 bits per heavy atom. The third-order valence-electron chi connectivity index (χ3n) is 3.45. The minimum atomic E-state index is -0.105. The van der Waals surface area contributed by atoms with E-state index in [1.165, 1.54) is 5.56 Å². The van der Waals surface area contributed by atoms with Crippen LogP contribution in [0.4, 0.5) is 0 Å². The van der Waals surface area contributed by atoms with Gasteiger partial charge < -0.3 is 11.1 Å². The second-order valence-electron chi connectivity index (χ2n) is 6.29. The van der Waals surface area contributed by atoms with Gasteiger partial charge in [-0.25, -0.2) is 0 Å². The zero-order valence-corrected chi connectivity index (χ0v) is 14.5. The Morgan fingerprint density at radius 1 is 1.05 bits per heavy atom. The molecular formula is C17H29ClN2O. The Morgan fingerprint density at radius 3 is 1.90 bits per heavy atom. The van der Waals surface area contributed by atoms with Gasteiger partial charge in [-0.2, -0.15) is 0 Å². The summed E-state index contributed by atoms with van der Waals surface area (Å²) in [5, 5.41) is 3.09. The molecule has 0 fully saturated rings. The summed E-state index contributed by atoms with van der Waals surface area (Å²) in [7, 11) is 0. The van der Waals surface area contributed by atoms with Gasteiger partial charge in [0.25, 0.3) is 0 Å². The SMILES string of the molecule is CC(N)CC(=O)NC(c1ccc(C(C)C)cc1)C(C)C.Cl. The summed E-state index contributed by atoms with van der Waals surface area (Å²) in [5.41, 5.74) is 8.15. The van der Waals surface area contributed by atoms with E-state index in [2.05, 4.69) is 57.3 Å². The Balaban J connectivity index is 0.00000400. The number of rotatable bonds is 6. The lowest BCUT2D eigenvalue weighted by Crippen LogP contribution is -2.35. The summed E-state index contributed by atoms with van der Waals surface area (Å²) < 4.78 is 0. The second-order valence-corrected chi connectivity index (χ2v) is 6.29. The maximum absolute atomic E-state index is 11.9. The number of hydrogen-bond acceptors (Lipinski definition) is 2. The van der Waals surface area contributed by atoms with E-state index in [9.17, 15) is 4.79 Å². The number of carbonyl (C=O) groups is 1. The molecule has 0 bridgehead atoms. The van der Waals surface area contributed by atoms with Crippen molar-refractivity contribution in [2.75, 3.05) is 0 Å². The molecule has 21 heavy (non-hydrogen) atoms. The molecule has 0 aromatic heterocycles. The lowest BCUT2D eigenvalue weighted by Gasteiger charge is -2.24. The van der Waals surface area contributed by atoms with Crippen LogP contribution in [0.1, 0.15) is 64.1 Å². The van der Waals surface area contributed by atoms with Gasteiger partial charge >= 0.3 is 0 Å². The highest BCUT2D eigenvalue weighted by molar-refractivity contribution is 5.85. The third kappa shape index (κ3) is 6.49. The number of nitrogens with one attached hydrogen (secondary N) is 1. The molecule has 0 aliphatic rings. The maximum atomic E-state index is 11.9. The second kappa shape index (κ2) is 9.06. The molecule has 3 nitrogen and oxygen atoms in total. The molecule has 0 aliphatic carbocycles. The van der Waals surface area contributed by atoms with Gasteiger partial charge in [-0.1, -0.05) is 52.0 Å². The number of benzene rings is 1. The lowest BCUT2D eigenvalue weighted by molar-refractivity contribution is -0.122. The molecule has 1 aromatic carbocycles. The summed E-state index contributed by atoms with van der Waals surface area (Å²) >= 11 is 0. The molecule has 1 amide bonds. The third-order valence-corrected chi connectivity index (χ3v) is 3.45. The average molecular weight is 313 g/mol. The first-order valence-electron chi connectivity index (χ1n) is 7.46. The number of halogens is 1. The summed E-state index contributed by atoms with van der Waals surface area (Å²) in [5.74, 6) is 0.887. The molecule has 120 valence electrons. The average Bonchev–Trinajstić information content (AvgIpc) is 2.35. The van der Waals surface area contributed by atoms with Gasteiger partial charge in [0.2, 0.25) is 5.91 Å². The standard InChI is InChI=1S/C17H28N2O.ClH/c1-11(2)14-6-8-15(9-7-14)17(12(3)4)19-16(20)10-13(5)18;/h6-9,11-13,17H,10,18H2,1-5H3,(H,19,20);1H. The summed E-state index contributed by atoms with van der Waals surface area (Å²) in [6.07, 6.45) is 0.368. The molecule has 1 aromatic rings. The molecule has 2 atom stereocenters. The highest BCUT2D eigenvalue weighted by Gasteiger charge is 2.18. The van der Waals surface area contributed by atoms with Crippen molar-refractivity contribution in [3.05, 3.63) is 35.4 Å². The summed E-state index contributed by atoms with van der Waals surface area (Å²) in [4.78, 5) is 11.9. The van der Waals surface area contributed by atoms with Crippen LogP contribution in [0, 0.1) is 5.92 Å². The minimum Gasteiger partial charge on any atom is -0.349 e. The van der Waals surface area contributed by atoms with Crippen molar-refractivity contribution in [2.24, 2.45) is 11.7 Å². The molecule has 0 saturated carbocycles. The molecule has 2 unspecified atom stereocenters. The first-order valence-corrected chi connectivity index (χ1v) is 7.46. The van der Waals surface area contributed by atoms with Gasteiger partial charge in [0.05, 0.1) is 6.04 Å². The van der Waals surface area contributed by atoms with Crippen LogP contribution in [-0.4, -0.2) is 11.9 Å². The predicted octanol–water partition coefficient (Wildman–Crippen LogP) is 3.78. The van der Waals surface area contributed by atoms with E-state index >= 15 is 0 Å². The monoisotopic (exact) mass is 312 g/mol.